The average molecular weight is 508 g/mol. The predicted molar refractivity (Wildman–Crippen MR) is 136 cm³/mol. The zero-order chi connectivity index (χ0) is 26.8. The molecule has 0 saturated carbocycles. The molecule has 3 rings (SSSR count). The SMILES string of the molecule is CC(C)(C)OC(=O)N[C@@H](COCc1ccccc1)C(=O)N/N=C\c1ccc(-c2ccc(C(=O)O)cc2)o1. The summed E-state index contributed by atoms with van der Waals surface area (Å²) in [5.41, 5.74) is 3.41. The quantitative estimate of drug-likeness (QED) is 0.276. The van der Waals surface area contributed by atoms with E-state index >= 15 is 0 Å². The molecule has 2 amide bonds. The third kappa shape index (κ3) is 8.93. The van der Waals surface area contributed by atoms with E-state index in [2.05, 4.69) is 15.8 Å². The second-order valence-electron chi connectivity index (χ2n) is 9.02. The second-order valence-corrected chi connectivity index (χ2v) is 9.02. The van der Waals surface area contributed by atoms with E-state index in [0.29, 0.717) is 17.1 Å². The van der Waals surface area contributed by atoms with Crippen molar-refractivity contribution in [1.29, 1.82) is 0 Å². The van der Waals surface area contributed by atoms with Crippen molar-refractivity contribution in [3.05, 3.63) is 83.6 Å². The summed E-state index contributed by atoms with van der Waals surface area (Å²) >= 11 is 0. The van der Waals surface area contributed by atoms with E-state index in [9.17, 15) is 14.4 Å². The minimum Gasteiger partial charge on any atom is -0.478 e. The number of aromatic carboxylic acids is 1. The molecule has 0 aliphatic carbocycles. The van der Waals surface area contributed by atoms with E-state index in [4.69, 9.17) is 19.0 Å². The number of furan rings is 1. The van der Waals surface area contributed by atoms with Crippen LogP contribution in [-0.4, -0.2) is 47.5 Å². The molecular formula is C27H29N3O7. The Hall–Kier alpha value is -4.44. The summed E-state index contributed by atoms with van der Waals surface area (Å²) in [6, 6.07) is 17.9. The van der Waals surface area contributed by atoms with Crippen LogP contribution in [0.3, 0.4) is 0 Å². The van der Waals surface area contributed by atoms with Crippen molar-refractivity contribution in [3.63, 3.8) is 0 Å². The molecule has 37 heavy (non-hydrogen) atoms. The van der Waals surface area contributed by atoms with E-state index in [1.54, 1.807) is 45.0 Å². The first-order chi connectivity index (χ1) is 17.6. The first-order valence-corrected chi connectivity index (χ1v) is 11.5. The summed E-state index contributed by atoms with van der Waals surface area (Å²) in [5.74, 6) is -0.760. The molecule has 1 atom stereocenters. The van der Waals surface area contributed by atoms with Crippen LogP contribution in [0.2, 0.25) is 0 Å². The van der Waals surface area contributed by atoms with Gasteiger partial charge in [-0.15, -0.1) is 0 Å². The van der Waals surface area contributed by atoms with Crippen LogP contribution in [-0.2, 0) is 20.9 Å². The Bertz CT molecular complexity index is 1230. The first kappa shape index (κ1) is 27.2. The number of rotatable bonds is 10. The minimum atomic E-state index is -1.06. The second kappa shape index (κ2) is 12.5. The van der Waals surface area contributed by atoms with Gasteiger partial charge in [-0.25, -0.2) is 15.0 Å². The highest BCUT2D eigenvalue weighted by molar-refractivity contribution is 5.88. The molecule has 0 radical (unpaired) electrons. The van der Waals surface area contributed by atoms with Gasteiger partial charge < -0.3 is 24.3 Å². The number of hydrogen-bond donors (Lipinski definition) is 3. The number of hydrogen-bond acceptors (Lipinski definition) is 7. The maximum Gasteiger partial charge on any atom is 0.408 e. The van der Waals surface area contributed by atoms with Crippen LogP contribution in [0.5, 0.6) is 0 Å². The molecule has 10 heteroatoms. The van der Waals surface area contributed by atoms with Gasteiger partial charge in [0.05, 0.1) is 25.0 Å². The molecule has 1 heterocycles. The van der Waals surface area contributed by atoms with Crippen molar-refractivity contribution in [2.75, 3.05) is 6.61 Å². The molecule has 0 aliphatic rings. The van der Waals surface area contributed by atoms with E-state index in [0.717, 1.165) is 5.56 Å². The van der Waals surface area contributed by atoms with Crippen LogP contribution in [0.15, 0.2) is 76.2 Å². The number of carbonyl (C=O) groups excluding carboxylic acids is 2. The molecule has 194 valence electrons. The van der Waals surface area contributed by atoms with Gasteiger partial charge in [0.15, 0.2) is 0 Å². The normalized spacial score (nSPS) is 12.2. The van der Waals surface area contributed by atoms with Gasteiger partial charge in [-0.3, -0.25) is 4.79 Å². The van der Waals surface area contributed by atoms with Crippen LogP contribution < -0.4 is 10.7 Å². The van der Waals surface area contributed by atoms with Crippen LogP contribution in [0.25, 0.3) is 11.3 Å². The molecule has 1 aromatic heterocycles. The lowest BCUT2D eigenvalue weighted by atomic mass is 10.1. The van der Waals surface area contributed by atoms with Gasteiger partial charge in [0.1, 0.15) is 23.2 Å². The number of nitrogens with zero attached hydrogens (tertiary/aromatic N) is 1. The first-order valence-electron chi connectivity index (χ1n) is 11.5. The van der Waals surface area contributed by atoms with Crippen LogP contribution in [0.4, 0.5) is 4.79 Å². The van der Waals surface area contributed by atoms with Crippen molar-refractivity contribution < 1.29 is 33.4 Å². The largest absolute Gasteiger partial charge is 0.478 e. The van der Waals surface area contributed by atoms with Crippen molar-refractivity contribution in [2.24, 2.45) is 5.10 Å². The highest BCUT2D eigenvalue weighted by atomic mass is 16.6. The highest BCUT2D eigenvalue weighted by Crippen LogP contribution is 2.22. The standard InChI is InChI=1S/C27H29N3O7/c1-27(2,3)37-26(34)29-22(17-35-16-18-7-5-4-6-8-18)24(31)30-28-15-21-13-14-23(36-21)19-9-11-20(12-10-19)25(32)33/h4-15,22H,16-17H2,1-3H3,(H,29,34)(H,30,31)(H,32,33)/b28-15-/t22-/m0/s1. The maximum atomic E-state index is 12.7. The zero-order valence-electron chi connectivity index (χ0n) is 20.8. The number of ether oxygens (including phenoxy) is 2. The Balaban J connectivity index is 1.60. The average Bonchev–Trinajstić information content (AvgIpc) is 3.32. The number of nitrogens with one attached hydrogen (secondary N) is 2. The Kier molecular flexibility index (Phi) is 9.17. The van der Waals surface area contributed by atoms with Gasteiger partial charge in [0, 0.05) is 5.56 Å². The lowest BCUT2D eigenvalue weighted by Crippen LogP contribution is -2.49. The molecule has 0 saturated heterocycles. The predicted octanol–water partition coefficient (Wildman–Crippen LogP) is 4.21. The minimum absolute atomic E-state index is 0.104. The van der Waals surface area contributed by atoms with E-state index < -0.39 is 29.6 Å². The molecule has 3 aromatic rings. The summed E-state index contributed by atoms with van der Waals surface area (Å²) < 4.78 is 16.6. The molecule has 0 aliphatic heterocycles. The van der Waals surface area contributed by atoms with Crippen molar-refractivity contribution in [1.82, 2.24) is 10.7 Å². The van der Waals surface area contributed by atoms with E-state index in [1.165, 1.54) is 18.3 Å². The van der Waals surface area contributed by atoms with Crippen LogP contribution >= 0.6 is 0 Å². The summed E-state index contributed by atoms with van der Waals surface area (Å²) in [6.45, 7) is 5.31. The van der Waals surface area contributed by atoms with Crippen LogP contribution in [0.1, 0.15) is 42.5 Å². The molecule has 10 nitrogen and oxygen atoms in total. The molecule has 0 unspecified atom stereocenters. The fourth-order valence-electron chi connectivity index (χ4n) is 3.09. The Morgan fingerprint density at radius 1 is 1.03 bits per heavy atom. The smallest absolute Gasteiger partial charge is 0.408 e. The molecule has 0 spiro atoms. The van der Waals surface area contributed by atoms with Crippen LogP contribution in [0, 0.1) is 0 Å². The van der Waals surface area contributed by atoms with Gasteiger partial charge >= 0.3 is 12.1 Å². The number of benzene rings is 2. The summed E-state index contributed by atoms with van der Waals surface area (Å²) in [4.78, 5) is 36.0. The monoisotopic (exact) mass is 507 g/mol. The fourth-order valence-corrected chi connectivity index (χ4v) is 3.09. The highest BCUT2D eigenvalue weighted by Gasteiger charge is 2.24. The zero-order valence-corrected chi connectivity index (χ0v) is 20.8. The van der Waals surface area contributed by atoms with Crippen molar-refractivity contribution in [3.8, 4) is 11.3 Å². The third-order valence-electron chi connectivity index (χ3n) is 4.81. The number of carboxylic acids is 1. The van der Waals surface area contributed by atoms with Gasteiger partial charge in [0.25, 0.3) is 5.91 Å². The Morgan fingerprint density at radius 3 is 2.38 bits per heavy atom. The number of alkyl carbamates (subject to hydrolysis) is 1. The van der Waals surface area contributed by atoms with E-state index in [-0.39, 0.29) is 18.8 Å². The van der Waals surface area contributed by atoms with Gasteiger partial charge in [-0.05, 0) is 50.6 Å². The number of amides is 2. The van der Waals surface area contributed by atoms with Gasteiger partial charge in [-0.1, -0.05) is 42.5 Å². The Labute approximate surface area is 214 Å². The summed E-state index contributed by atoms with van der Waals surface area (Å²) in [7, 11) is 0. The fraction of sp³-hybridized carbons (Fsp3) is 0.259. The lowest BCUT2D eigenvalue weighted by Gasteiger charge is -2.22. The lowest BCUT2D eigenvalue weighted by molar-refractivity contribution is -0.124. The number of carboxylic acid groups (broad SMARTS) is 1. The number of hydrazone groups is 1. The van der Waals surface area contributed by atoms with E-state index in [1.807, 2.05) is 30.3 Å². The summed E-state index contributed by atoms with van der Waals surface area (Å²) in [6.07, 6.45) is 0.548. The van der Waals surface area contributed by atoms with Gasteiger partial charge in [0.2, 0.25) is 0 Å². The molecule has 2 aromatic carbocycles. The molecular weight excluding hydrogens is 478 g/mol. The van der Waals surface area contributed by atoms with Crippen molar-refractivity contribution >= 4 is 24.2 Å². The Morgan fingerprint density at radius 2 is 1.73 bits per heavy atom. The summed E-state index contributed by atoms with van der Waals surface area (Å²) in [5, 5.41) is 15.4. The molecule has 0 bridgehead atoms. The van der Waals surface area contributed by atoms with Gasteiger partial charge in [-0.2, -0.15) is 5.10 Å². The van der Waals surface area contributed by atoms with Crippen molar-refractivity contribution in [2.45, 2.75) is 39.0 Å². The third-order valence-corrected chi connectivity index (χ3v) is 4.81. The number of carbonyl (C=O) groups is 3. The molecule has 0 fully saturated rings. The molecule has 3 N–H and O–H groups in total. The maximum absolute atomic E-state index is 12.7. The topological polar surface area (TPSA) is 139 Å².